The largest absolute Gasteiger partial charge is 0.371 e. The molecule has 1 aliphatic carbocycles. The minimum atomic E-state index is 0.190. The van der Waals surface area contributed by atoms with E-state index >= 15 is 0 Å². The van der Waals surface area contributed by atoms with Crippen LogP contribution in [0.2, 0.25) is 0 Å². The Morgan fingerprint density at radius 3 is 2.50 bits per heavy atom. The smallest absolute Gasteiger partial charge is 0.227 e. The first-order valence-electron chi connectivity index (χ1n) is 7.88. The summed E-state index contributed by atoms with van der Waals surface area (Å²) in [7, 11) is 0. The lowest BCUT2D eigenvalue weighted by Gasteiger charge is -2.33. The molecular weight excluding hydrogens is 248 g/mol. The van der Waals surface area contributed by atoms with Crippen molar-refractivity contribution in [2.75, 3.05) is 23.3 Å². The maximum Gasteiger partial charge on any atom is 0.227 e. The van der Waals surface area contributed by atoms with Crippen molar-refractivity contribution in [2.45, 2.75) is 39.0 Å². The van der Waals surface area contributed by atoms with Crippen LogP contribution in [0.15, 0.2) is 24.3 Å². The van der Waals surface area contributed by atoms with Gasteiger partial charge >= 0.3 is 0 Å². The molecule has 1 aromatic rings. The standard InChI is InChI=1S/C17H24N2O/c1-13-4-3-11-19(12-13)16-9-7-15(8-10-16)18-17(20)14-5-2-6-14/h7-10,13-14H,2-6,11-12H2,1H3,(H,18,20). The van der Waals surface area contributed by atoms with Gasteiger partial charge in [0.15, 0.2) is 0 Å². The Kier molecular flexibility index (Phi) is 3.95. The van der Waals surface area contributed by atoms with Gasteiger partial charge in [0.1, 0.15) is 0 Å². The Balaban J connectivity index is 1.60. The molecule has 2 aliphatic rings. The maximum absolute atomic E-state index is 11.9. The van der Waals surface area contributed by atoms with Gasteiger partial charge in [-0.2, -0.15) is 0 Å². The SMILES string of the molecule is CC1CCCN(c2ccc(NC(=O)C3CCC3)cc2)C1. The Bertz CT molecular complexity index is 464. The van der Waals surface area contributed by atoms with Gasteiger partial charge in [-0.3, -0.25) is 4.79 Å². The summed E-state index contributed by atoms with van der Waals surface area (Å²) < 4.78 is 0. The van der Waals surface area contributed by atoms with E-state index in [1.54, 1.807) is 0 Å². The lowest BCUT2D eigenvalue weighted by Crippen LogP contribution is -2.34. The zero-order valence-corrected chi connectivity index (χ0v) is 12.3. The van der Waals surface area contributed by atoms with Crippen molar-refractivity contribution in [1.29, 1.82) is 0 Å². The number of anilines is 2. The highest BCUT2D eigenvalue weighted by Gasteiger charge is 2.25. The van der Waals surface area contributed by atoms with Gasteiger partial charge in [-0.05, 0) is 55.9 Å². The van der Waals surface area contributed by atoms with Crippen molar-refractivity contribution in [2.24, 2.45) is 11.8 Å². The second-order valence-corrected chi connectivity index (χ2v) is 6.36. The monoisotopic (exact) mass is 272 g/mol. The molecule has 3 heteroatoms. The molecule has 1 heterocycles. The van der Waals surface area contributed by atoms with Gasteiger partial charge in [-0.25, -0.2) is 0 Å². The summed E-state index contributed by atoms with van der Waals surface area (Å²) in [5.41, 5.74) is 2.20. The fraction of sp³-hybridized carbons (Fsp3) is 0.588. The van der Waals surface area contributed by atoms with Crippen molar-refractivity contribution < 1.29 is 4.79 Å². The van der Waals surface area contributed by atoms with Crippen LogP contribution in [0.4, 0.5) is 11.4 Å². The van der Waals surface area contributed by atoms with E-state index in [9.17, 15) is 4.79 Å². The van der Waals surface area contributed by atoms with Gasteiger partial charge in [0.05, 0.1) is 0 Å². The van der Waals surface area contributed by atoms with E-state index in [4.69, 9.17) is 0 Å². The average molecular weight is 272 g/mol. The minimum absolute atomic E-state index is 0.190. The first kappa shape index (κ1) is 13.5. The van der Waals surface area contributed by atoms with Crippen LogP contribution in [0, 0.1) is 11.8 Å². The average Bonchev–Trinajstić information content (AvgIpc) is 2.37. The second-order valence-electron chi connectivity index (χ2n) is 6.36. The van der Waals surface area contributed by atoms with E-state index in [1.807, 2.05) is 12.1 Å². The molecule has 108 valence electrons. The van der Waals surface area contributed by atoms with E-state index in [2.05, 4.69) is 29.3 Å². The third-order valence-electron chi connectivity index (χ3n) is 4.63. The zero-order valence-electron chi connectivity index (χ0n) is 12.3. The molecule has 3 rings (SSSR count). The summed E-state index contributed by atoms with van der Waals surface area (Å²) in [6, 6.07) is 8.33. The normalized spacial score (nSPS) is 23.2. The molecule has 0 radical (unpaired) electrons. The van der Waals surface area contributed by atoms with Crippen LogP contribution in [0.1, 0.15) is 39.0 Å². The highest BCUT2D eigenvalue weighted by atomic mass is 16.1. The Morgan fingerprint density at radius 2 is 1.90 bits per heavy atom. The van der Waals surface area contributed by atoms with Crippen LogP contribution < -0.4 is 10.2 Å². The molecule has 1 saturated heterocycles. The van der Waals surface area contributed by atoms with Crippen molar-refractivity contribution in [3.8, 4) is 0 Å². The lowest BCUT2D eigenvalue weighted by atomic mass is 9.85. The number of nitrogens with zero attached hydrogens (tertiary/aromatic N) is 1. The zero-order chi connectivity index (χ0) is 13.9. The van der Waals surface area contributed by atoms with E-state index in [-0.39, 0.29) is 11.8 Å². The molecular formula is C17H24N2O. The summed E-state index contributed by atoms with van der Waals surface area (Å²) in [5, 5.41) is 3.03. The first-order valence-corrected chi connectivity index (χ1v) is 7.88. The minimum Gasteiger partial charge on any atom is -0.371 e. The molecule has 0 bridgehead atoms. The number of hydrogen-bond donors (Lipinski definition) is 1. The van der Waals surface area contributed by atoms with Crippen LogP contribution in [0.5, 0.6) is 0 Å². The number of hydrogen-bond acceptors (Lipinski definition) is 2. The summed E-state index contributed by atoms with van der Waals surface area (Å²) in [6.07, 6.45) is 5.92. The summed E-state index contributed by atoms with van der Waals surface area (Å²) >= 11 is 0. The van der Waals surface area contributed by atoms with Crippen molar-refractivity contribution >= 4 is 17.3 Å². The van der Waals surface area contributed by atoms with Crippen molar-refractivity contribution in [3.05, 3.63) is 24.3 Å². The van der Waals surface area contributed by atoms with Crippen LogP contribution in [0.3, 0.4) is 0 Å². The topological polar surface area (TPSA) is 32.3 Å². The van der Waals surface area contributed by atoms with Gasteiger partial charge in [0.2, 0.25) is 5.91 Å². The molecule has 1 N–H and O–H groups in total. The Hall–Kier alpha value is -1.51. The highest BCUT2D eigenvalue weighted by molar-refractivity contribution is 5.93. The highest BCUT2D eigenvalue weighted by Crippen LogP contribution is 2.28. The van der Waals surface area contributed by atoms with Crippen molar-refractivity contribution in [1.82, 2.24) is 0 Å². The van der Waals surface area contributed by atoms with Gasteiger partial charge in [-0.15, -0.1) is 0 Å². The van der Waals surface area contributed by atoms with Gasteiger partial charge in [-0.1, -0.05) is 13.3 Å². The molecule has 1 aliphatic heterocycles. The third-order valence-corrected chi connectivity index (χ3v) is 4.63. The molecule has 2 fully saturated rings. The van der Waals surface area contributed by atoms with Crippen molar-refractivity contribution in [3.63, 3.8) is 0 Å². The van der Waals surface area contributed by atoms with Crippen LogP contribution in [0.25, 0.3) is 0 Å². The molecule has 1 amide bonds. The predicted molar refractivity (Wildman–Crippen MR) is 83.0 cm³/mol. The number of carbonyl (C=O) groups excluding carboxylic acids is 1. The predicted octanol–water partition coefficient (Wildman–Crippen LogP) is 3.66. The fourth-order valence-corrected chi connectivity index (χ4v) is 3.09. The number of benzene rings is 1. The molecule has 0 spiro atoms. The quantitative estimate of drug-likeness (QED) is 0.910. The Morgan fingerprint density at radius 1 is 1.15 bits per heavy atom. The summed E-state index contributed by atoms with van der Waals surface area (Å²) in [4.78, 5) is 14.4. The molecule has 20 heavy (non-hydrogen) atoms. The number of piperidine rings is 1. The van der Waals surface area contributed by atoms with Crippen LogP contribution in [-0.4, -0.2) is 19.0 Å². The Labute approximate surface area is 121 Å². The summed E-state index contributed by atoms with van der Waals surface area (Å²) in [6.45, 7) is 4.62. The van der Waals surface area contributed by atoms with Crippen LogP contribution >= 0.6 is 0 Å². The molecule has 1 aromatic carbocycles. The molecule has 1 unspecified atom stereocenters. The second kappa shape index (κ2) is 5.86. The van der Waals surface area contributed by atoms with E-state index in [1.165, 1.54) is 24.9 Å². The molecule has 0 aromatic heterocycles. The number of carbonyl (C=O) groups is 1. The van der Waals surface area contributed by atoms with Gasteiger partial charge in [0.25, 0.3) is 0 Å². The van der Waals surface area contributed by atoms with E-state index in [0.29, 0.717) is 0 Å². The molecule has 1 atom stereocenters. The number of amides is 1. The van der Waals surface area contributed by atoms with Gasteiger partial charge in [0, 0.05) is 30.4 Å². The number of rotatable bonds is 3. The maximum atomic E-state index is 11.9. The van der Waals surface area contributed by atoms with Crippen LogP contribution in [-0.2, 0) is 4.79 Å². The van der Waals surface area contributed by atoms with E-state index < -0.39 is 0 Å². The molecule has 3 nitrogen and oxygen atoms in total. The summed E-state index contributed by atoms with van der Waals surface area (Å²) in [5.74, 6) is 1.22. The lowest BCUT2D eigenvalue weighted by molar-refractivity contribution is -0.122. The molecule has 1 saturated carbocycles. The van der Waals surface area contributed by atoms with Gasteiger partial charge < -0.3 is 10.2 Å². The third kappa shape index (κ3) is 2.97. The fourth-order valence-electron chi connectivity index (χ4n) is 3.09. The first-order chi connectivity index (χ1) is 9.72. The number of nitrogens with one attached hydrogen (secondary N) is 1. The van der Waals surface area contributed by atoms with E-state index in [0.717, 1.165) is 37.5 Å².